The molecule has 0 bridgehead atoms. The van der Waals surface area contributed by atoms with Gasteiger partial charge in [0, 0.05) is 46.9 Å². The number of methoxy groups -OCH3 is 2. The van der Waals surface area contributed by atoms with Crippen molar-refractivity contribution in [1.29, 1.82) is 0 Å². The zero-order valence-corrected chi connectivity index (χ0v) is 17.0. The molecule has 2 fully saturated rings. The first-order valence-electron chi connectivity index (χ1n) is 7.48. The summed E-state index contributed by atoms with van der Waals surface area (Å²) < 4.78 is 26.2. The van der Waals surface area contributed by atoms with Gasteiger partial charge in [-0.15, -0.1) is 0 Å². The summed E-state index contributed by atoms with van der Waals surface area (Å²) >= 11 is 0. The summed E-state index contributed by atoms with van der Waals surface area (Å²) in [6.45, 7) is 0. The van der Waals surface area contributed by atoms with Crippen LogP contribution in [0.15, 0.2) is 0 Å². The molecule has 145 valence electrons. The number of hydrogen-bond acceptors (Lipinski definition) is 10. The number of aliphatic hydroxyl groups excluding tert-OH is 4. The van der Waals surface area contributed by atoms with Gasteiger partial charge in [0.2, 0.25) is 0 Å². The molecule has 0 aliphatic carbocycles. The number of nitrogens with one attached hydrogen (secondary N) is 2. The second kappa shape index (κ2) is 10.3. The number of ether oxygens (including phenoxy) is 5. The van der Waals surface area contributed by atoms with Crippen LogP contribution in [0.3, 0.4) is 0 Å². The Labute approximate surface area is 170 Å². The van der Waals surface area contributed by atoms with Crippen molar-refractivity contribution < 1.29 is 76.8 Å². The predicted octanol–water partition coefficient (Wildman–Crippen LogP) is -2.89. The van der Waals surface area contributed by atoms with Crippen LogP contribution in [0, 0.1) is 0 Å². The van der Waals surface area contributed by atoms with E-state index in [1.54, 1.807) is 0 Å². The summed E-state index contributed by atoms with van der Waals surface area (Å²) in [5.74, 6) is 0. The van der Waals surface area contributed by atoms with E-state index in [0.29, 0.717) is 0 Å². The van der Waals surface area contributed by atoms with E-state index in [1.807, 2.05) is 0 Å². The maximum Gasteiger partial charge on any atom is 0.188 e. The molecule has 4 unspecified atom stereocenters. The first kappa shape index (κ1) is 23.7. The maximum atomic E-state index is 10.2. The van der Waals surface area contributed by atoms with Gasteiger partial charge in [0.05, 0.1) is 12.1 Å². The quantitative estimate of drug-likeness (QED) is 0.299. The molecule has 0 aromatic carbocycles. The molecule has 10 atom stereocenters. The molecule has 25 heavy (non-hydrogen) atoms. The van der Waals surface area contributed by atoms with Crippen LogP contribution in [-0.4, -0.2) is 103 Å². The third-order valence-electron chi connectivity index (χ3n) is 4.20. The van der Waals surface area contributed by atoms with Crippen LogP contribution in [0.2, 0.25) is 0 Å². The first-order chi connectivity index (χ1) is 11.3. The molecule has 0 saturated carbocycles. The second-order valence-electron chi connectivity index (χ2n) is 5.65. The van der Waals surface area contributed by atoms with Crippen LogP contribution in [0.4, 0.5) is 0 Å². The molecule has 2 rings (SSSR count). The third-order valence-corrected chi connectivity index (χ3v) is 4.20. The maximum absolute atomic E-state index is 10.2. The van der Waals surface area contributed by atoms with Gasteiger partial charge >= 0.3 is 0 Å². The second-order valence-corrected chi connectivity index (χ2v) is 5.65. The monoisotopic (exact) mass is 442 g/mol. The first-order valence-corrected chi connectivity index (χ1v) is 7.48. The molecule has 0 amide bonds. The van der Waals surface area contributed by atoms with Crippen molar-refractivity contribution in [2.24, 2.45) is 0 Å². The molecule has 11 nitrogen and oxygen atoms in total. The Morgan fingerprint density at radius 1 is 0.880 bits per heavy atom. The Hall–Kier alpha value is 0.664. The van der Waals surface area contributed by atoms with Crippen LogP contribution in [0.5, 0.6) is 0 Å². The molecule has 0 aromatic heterocycles. The van der Waals surface area contributed by atoms with E-state index in [2.05, 4.69) is 5.32 Å². The van der Waals surface area contributed by atoms with Gasteiger partial charge in [0.25, 0.3) is 0 Å². The molecule has 2 heterocycles. The van der Waals surface area contributed by atoms with E-state index in [4.69, 9.17) is 29.4 Å². The Morgan fingerprint density at radius 2 is 1.48 bits per heavy atom. The van der Waals surface area contributed by atoms with Crippen molar-refractivity contribution in [1.82, 2.24) is 5.32 Å². The Balaban J connectivity index is 0.00000312. The minimum atomic E-state index is -1.53. The fraction of sp³-hybridized carbons (Fsp3) is 1.00. The minimum absolute atomic E-state index is 0. The summed E-state index contributed by atoms with van der Waals surface area (Å²) in [6, 6.07) is -2.21. The van der Waals surface area contributed by atoms with Gasteiger partial charge < -0.3 is 55.2 Å². The average molecular weight is 442 g/mol. The standard InChI is InChI=1S/C13H25N2O9.Y/c1-15-5-7(17)8(18)12(20-2)24-11(5)22-9-6(16)4(14)10(19)23-13(9)21-3;/h4-19H,1-3H3;/q-1;/t4?,5?,6?,7-,8-,9+,10+,11-,12?,13+;/m1./s1. The minimum Gasteiger partial charge on any atom is -0.668 e. The molecule has 2 aliphatic heterocycles. The van der Waals surface area contributed by atoms with Crippen LogP contribution < -0.4 is 5.32 Å². The van der Waals surface area contributed by atoms with Gasteiger partial charge in [-0.2, -0.15) is 0 Å². The summed E-state index contributed by atoms with van der Waals surface area (Å²) in [5, 5.41) is 42.6. The fourth-order valence-corrected chi connectivity index (χ4v) is 2.77. The zero-order chi connectivity index (χ0) is 18.0. The molecular formula is C13H25N2O9Y-. The van der Waals surface area contributed by atoms with E-state index >= 15 is 0 Å². The van der Waals surface area contributed by atoms with E-state index < -0.39 is 61.7 Å². The molecule has 1 radical (unpaired) electrons. The summed E-state index contributed by atoms with van der Waals surface area (Å²) in [4.78, 5) is 0. The Bertz CT molecular complexity index is 408. The largest absolute Gasteiger partial charge is 0.668 e. The topological polar surface area (TPSA) is 163 Å². The smallest absolute Gasteiger partial charge is 0.188 e. The average Bonchev–Trinajstić information content (AvgIpc) is 2.58. The zero-order valence-electron chi connectivity index (χ0n) is 14.2. The fourth-order valence-electron chi connectivity index (χ4n) is 2.77. The molecule has 2 saturated heterocycles. The molecule has 6 N–H and O–H groups in total. The van der Waals surface area contributed by atoms with Crippen molar-refractivity contribution in [3.8, 4) is 0 Å². The van der Waals surface area contributed by atoms with Gasteiger partial charge in [0.1, 0.15) is 24.6 Å². The van der Waals surface area contributed by atoms with Gasteiger partial charge in [-0.3, -0.25) is 0 Å². The number of hydrogen-bond donors (Lipinski definition) is 5. The number of likely N-dealkylation sites (N-methyl/N-ethyl adjacent to an activating group) is 1. The van der Waals surface area contributed by atoms with Crippen LogP contribution >= 0.6 is 0 Å². The number of rotatable bonds is 5. The molecule has 12 heteroatoms. The van der Waals surface area contributed by atoms with Crippen molar-refractivity contribution in [3.63, 3.8) is 0 Å². The van der Waals surface area contributed by atoms with Gasteiger partial charge in [-0.1, -0.05) is 6.04 Å². The SMILES string of the molecule is CNC1[C@H](O[C@H]2C(O)C([NH-])[C@@H](O)O[C@@H]2OC)OC(OC)[C@H](O)[C@@H]1O.[Y]. The van der Waals surface area contributed by atoms with Crippen molar-refractivity contribution in [2.45, 2.75) is 61.7 Å². The van der Waals surface area contributed by atoms with Crippen LogP contribution in [-0.2, 0) is 56.4 Å². The van der Waals surface area contributed by atoms with Crippen molar-refractivity contribution in [2.75, 3.05) is 21.3 Å². The normalized spacial score (nSPS) is 48.0. The summed E-state index contributed by atoms with van der Waals surface area (Å²) in [5.41, 5.74) is 7.71. The molecular weight excluding hydrogens is 417 g/mol. The van der Waals surface area contributed by atoms with Gasteiger partial charge in [-0.05, 0) is 7.05 Å². The van der Waals surface area contributed by atoms with Crippen LogP contribution in [0.25, 0.3) is 5.73 Å². The van der Waals surface area contributed by atoms with E-state index in [-0.39, 0.29) is 32.7 Å². The molecule has 2 aliphatic rings. The van der Waals surface area contributed by atoms with E-state index in [0.717, 1.165) is 0 Å². The van der Waals surface area contributed by atoms with Crippen molar-refractivity contribution in [3.05, 3.63) is 5.73 Å². The number of aliphatic hydroxyl groups is 4. The molecule has 0 aromatic rings. The van der Waals surface area contributed by atoms with Crippen LogP contribution in [0.1, 0.15) is 0 Å². The Morgan fingerprint density at radius 3 is 2.00 bits per heavy atom. The molecule has 0 spiro atoms. The third kappa shape index (κ3) is 4.94. The summed E-state index contributed by atoms with van der Waals surface area (Å²) in [7, 11) is 4.12. The van der Waals surface area contributed by atoms with Gasteiger partial charge in [-0.25, -0.2) is 0 Å². The van der Waals surface area contributed by atoms with Gasteiger partial charge in [0.15, 0.2) is 18.9 Å². The van der Waals surface area contributed by atoms with E-state index in [1.165, 1.54) is 21.3 Å². The van der Waals surface area contributed by atoms with Crippen molar-refractivity contribution >= 4 is 0 Å². The predicted molar refractivity (Wildman–Crippen MR) is 77.4 cm³/mol. The summed E-state index contributed by atoms with van der Waals surface area (Å²) in [6.07, 6.45) is -10.1. The Kier molecular flexibility index (Phi) is 9.74. The van der Waals surface area contributed by atoms with E-state index in [9.17, 15) is 20.4 Å².